The summed E-state index contributed by atoms with van der Waals surface area (Å²) in [5, 5.41) is 0. The van der Waals surface area contributed by atoms with E-state index in [1.54, 1.807) is 0 Å². The molecule has 2 fully saturated rings. The van der Waals surface area contributed by atoms with Crippen LogP contribution in [0.2, 0.25) is 0 Å². The minimum absolute atomic E-state index is 0.190. The van der Waals surface area contributed by atoms with E-state index in [0.717, 1.165) is 32.7 Å². The van der Waals surface area contributed by atoms with E-state index in [1.165, 1.54) is 19.3 Å². The summed E-state index contributed by atoms with van der Waals surface area (Å²) in [6, 6.07) is 0.190. The van der Waals surface area contributed by atoms with Crippen molar-refractivity contribution < 1.29 is 9.47 Å². The minimum Gasteiger partial charge on any atom is -0.381 e. The molecule has 0 aromatic heterocycles. The molecule has 0 aliphatic carbocycles. The fourth-order valence-corrected chi connectivity index (χ4v) is 2.44. The molecule has 2 aliphatic heterocycles. The molecule has 2 heterocycles. The average Bonchev–Trinajstić information content (AvgIpc) is 2.30. The molecule has 0 aromatic rings. The molecule has 0 bridgehead atoms. The van der Waals surface area contributed by atoms with Gasteiger partial charge in [-0.3, -0.25) is 0 Å². The van der Waals surface area contributed by atoms with Crippen molar-refractivity contribution in [2.75, 3.05) is 19.8 Å². The number of rotatable bonds is 2. The fourth-order valence-electron chi connectivity index (χ4n) is 2.44. The molecule has 3 unspecified atom stereocenters. The van der Waals surface area contributed by atoms with E-state index in [4.69, 9.17) is 15.2 Å². The van der Waals surface area contributed by atoms with Gasteiger partial charge in [-0.25, -0.2) is 0 Å². The Morgan fingerprint density at radius 1 is 1.07 bits per heavy atom. The van der Waals surface area contributed by atoms with E-state index < -0.39 is 0 Å². The highest BCUT2D eigenvalue weighted by Crippen LogP contribution is 2.24. The summed E-state index contributed by atoms with van der Waals surface area (Å²) in [6.07, 6.45) is 6.26. The fraction of sp³-hybridized carbons (Fsp3) is 1.00. The van der Waals surface area contributed by atoms with Crippen LogP contribution in [0.3, 0.4) is 0 Å². The molecule has 3 atom stereocenters. The van der Waals surface area contributed by atoms with Gasteiger partial charge < -0.3 is 15.2 Å². The van der Waals surface area contributed by atoms with Crippen LogP contribution in [-0.4, -0.2) is 32.0 Å². The third kappa shape index (κ3) is 2.47. The summed E-state index contributed by atoms with van der Waals surface area (Å²) in [4.78, 5) is 0. The Kier molecular flexibility index (Phi) is 3.79. The molecule has 2 rings (SSSR count). The third-order valence-electron chi connectivity index (χ3n) is 3.38. The SMILES string of the molecule is NC(C1CCCOC1)C1CCCCO1. The Labute approximate surface area is 85.9 Å². The summed E-state index contributed by atoms with van der Waals surface area (Å²) in [7, 11) is 0. The summed E-state index contributed by atoms with van der Waals surface area (Å²) in [5.74, 6) is 0.520. The van der Waals surface area contributed by atoms with Crippen molar-refractivity contribution in [2.24, 2.45) is 11.7 Å². The first-order chi connectivity index (χ1) is 6.88. The van der Waals surface area contributed by atoms with Gasteiger partial charge in [-0.05, 0) is 38.0 Å². The first-order valence-corrected chi connectivity index (χ1v) is 5.83. The lowest BCUT2D eigenvalue weighted by Gasteiger charge is -2.34. The molecule has 0 radical (unpaired) electrons. The Hall–Kier alpha value is -0.120. The van der Waals surface area contributed by atoms with Crippen LogP contribution < -0.4 is 5.73 Å². The van der Waals surface area contributed by atoms with E-state index in [0.29, 0.717) is 5.92 Å². The highest BCUT2D eigenvalue weighted by molar-refractivity contribution is 4.83. The maximum atomic E-state index is 6.22. The molecular formula is C11H21NO2. The lowest BCUT2D eigenvalue weighted by atomic mass is 9.88. The molecule has 0 amide bonds. The molecule has 0 saturated carbocycles. The van der Waals surface area contributed by atoms with Crippen LogP contribution in [0.1, 0.15) is 32.1 Å². The molecule has 2 saturated heterocycles. The molecule has 3 heteroatoms. The summed E-state index contributed by atoms with van der Waals surface area (Å²) in [5.41, 5.74) is 6.22. The van der Waals surface area contributed by atoms with E-state index in [1.807, 2.05) is 0 Å². The van der Waals surface area contributed by atoms with Crippen molar-refractivity contribution in [1.82, 2.24) is 0 Å². The van der Waals surface area contributed by atoms with E-state index in [2.05, 4.69) is 0 Å². The smallest absolute Gasteiger partial charge is 0.0729 e. The molecule has 3 nitrogen and oxygen atoms in total. The molecule has 0 spiro atoms. The number of ether oxygens (including phenoxy) is 2. The highest BCUT2D eigenvalue weighted by atomic mass is 16.5. The predicted octanol–water partition coefficient (Wildman–Crippen LogP) is 1.31. The standard InChI is InChI=1S/C11H21NO2/c12-11(9-4-3-6-13-8-9)10-5-1-2-7-14-10/h9-11H,1-8,12H2. The normalized spacial score (nSPS) is 36.6. The molecule has 2 N–H and O–H groups in total. The molecule has 0 aromatic carbocycles. The van der Waals surface area contributed by atoms with Crippen molar-refractivity contribution in [3.8, 4) is 0 Å². The van der Waals surface area contributed by atoms with Crippen LogP contribution in [0.25, 0.3) is 0 Å². The van der Waals surface area contributed by atoms with E-state index in [-0.39, 0.29) is 12.1 Å². The first-order valence-electron chi connectivity index (χ1n) is 5.83. The summed E-state index contributed by atoms with van der Waals surface area (Å²) in [6.45, 7) is 2.64. The van der Waals surface area contributed by atoms with Gasteiger partial charge in [-0.2, -0.15) is 0 Å². The Morgan fingerprint density at radius 3 is 2.64 bits per heavy atom. The first kappa shape index (κ1) is 10.4. The number of nitrogens with two attached hydrogens (primary N) is 1. The second kappa shape index (κ2) is 5.10. The number of hydrogen-bond donors (Lipinski definition) is 1. The Balaban J connectivity index is 1.82. The van der Waals surface area contributed by atoms with E-state index in [9.17, 15) is 0 Å². The van der Waals surface area contributed by atoms with Gasteiger partial charge in [0.15, 0.2) is 0 Å². The quantitative estimate of drug-likeness (QED) is 0.729. The molecular weight excluding hydrogens is 178 g/mol. The van der Waals surface area contributed by atoms with Gasteiger partial charge in [0, 0.05) is 19.3 Å². The minimum atomic E-state index is 0.190. The van der Waals surface area contributed by atoms with Crippen molar-refractivity contribution in [1.29, 1.82) is 0 Å². The predicted molar refractivity (Wildman–Crippen MR) is 55.1 cm³/mol. The van der Waals surface area contributed by atoms with Crippen LogP contribution in [0, 0.1) is 5.92 Å². The third-order valence-corrected chi connectivity index (χ3v) is 3.38. The topological polar surface area (TPSA) is 44.5 Å². The molecule has 2 aliphatic rings. The zero-order valence-electron chi connectivity index (χ0n) is 8.78. The summed E-state index contributed by atoms with van der Waals surface area (Å²) >= 11 is 0. The average molecular weight is 199 g/mol. The zero-order chi connectivity index (χ0) is 9.80. The van der Waals surface area contributed by atoms with Crippen molar-refractivity contribution in [3.05, 3.63) is 0 Å². The van der Waals surface area contributed by atoms with Crippen LogP contribution in [0.15, 0.2) is 0 Å². The Bertz CT molecular complexity index is 145. The largest absolute Gasteiger partial charge is 0.381 e. The van der Waals surface area contributed by atoms with Gasteiger partial charge in [0.2, 0.25) is 0 Å². The monoisotopic (exact) mass is 199 g/mol. The molecule has 14 heavy (non-hydrogen) atoms. The van der Waals surface area contributed by atoms with Gasteiger partial charge in [-0.15, -0.1) is 0 Å². The van der Waals surface area contributed by atoms with Gasteiger partial charge in [0.05, 0.1) is 12.7 Å². The summed E-state index contributed by atoms with van der Waals surface area (Å²) < 4.78 is 11.2. The lowest BCUT2D eigenvalue weighted by Crippen LogP contribution is -2.46. The van der Waals surface area contributed by atoms with Crippen LogP contribution in [0.4, 0.5) is 0 Å². The maximum Gasteiger partial charge on any atom is 0.0729 e. The second-order valence-corrected chi connectivity index (χ2v) is 4.46. The van der Waals surface area contributed by atoms with Crippen molar-refractivity contribution >= 4 is 0 Å². The number of hydrogen-bond acceptors (Lipinski definition) is 3. The second-order valence-electron chi connectivity index (χ2n) is 4.46. The van der Waals surface area contributed by atoms with Gasteiger partial charge >= 0.3 is 0 Å². The van der Waals surface area contributed by atoms with Gasteiger partial charge in [-0.1, -0.05) is 0 Å². The van der Waals surface area contributed by atoms with Crippen LogP contribution >= 0.6 is 0 Å². The van der Waals surface area contributed by atoms with E-state index >= 15 is 0 Å². The van der Waals surface area contributed by atoms with Crippen molar-refractivity contribution in [3.63, 3.8) is 0 Å². The molecule has 82 valence electrons. The van der Waals surface area contributed by atoms with Gasteiger partial charge in [0.25, 0.3) is 0 Å². The Morgan fingerprint density at radius 2 is 2.00 bits per heavy atom. The highest BCUT2D eigenvalue weighted by Gasteiger charge is 2.29. The van der Waals surface area contributed by atoms with Crippen LogP contribution in [-0.2, 0) is 9.47 Å². The zero-order valence-corrected chi connectivity index (χ0v) is 8.78. The lowest BCUT2D eigenvalue weighted by molar-refractivity contribution is -0.0365. The van der Waals surface area contributed by atoms with Crippen molar-refractivity contribution in [2.45, 2.75) is 44.2 Å². The van der Waals surface area contributed by atoms with Crippen LogP contribution in [0.5, 0.6) is 0 Å². The maximum absolute atomic E-state index is 6.22. The van der Waals surface area contributed by atoms with Gasteiger partial charge in [0.1, 0.15) is 0 Å².